The molecule has 9 nitrogen and oxygen atoms in total. The summed E-state index contributed by atoms with van der Waals surface area (Å²) in [5, 5.41) is 2.90. The zero-order chi connectivity index (χ0) is 30.6. The molecule has 224 valence electrons. The lowest BCUT2D eigenvalue weighted by atomic mass is 9.95. The van der Waals surface area contributed by atoms with E-state index in [4.69, 9.17) is 9.47 Å². The number of morpholine rings is 1. The molecule has 0 radical (unpaired) electrons. The van der Waals surface area contributed by atoms with Crippen LogP contribution in [0.25, 0.3) is 6.08 Å². The largest absolute Gasteiger partial charge is 0.484 e. The number of fused-ring (bicyclic) bond motifs is 1. The van der Waals surface area contributed by atoms with Crippen molar-refractivity contribution in [3.05, 3.63) is 127 Å². The minimum atomic E-state index is -0.808. The van der Waals surface area contributed by atoms with Gasteiger partial charge in [0, 0.05) is 18.8 Å². The van der Waals surface area contributed by atoms with Crippen molar-refractivity contribution in [3.8, 4) is 5.75 Å². The molecular weight excluding hydrogens is 583 g/mol. The van der Waals surface area contributed by atoms with Crippen molar-refractivity contribution in [2.75, 3.05) is 38.2 Å². The number of carbonyl (C=O) groups is 2. The number of aromatic nitrogens is 1. The van der Waals surface area contributed by atoms with Crippen molar-refractivity contribution >= 4 is 34.9 Å². The molecule has 2 aliphatic rings. The average molecular weight is 613 g/mol. The second-order valence-electron chi connectivity index (χ2n) is 10.3. The zero-order valence-corrected chi connectivity index (χ0v) is 24.7. The van der Waals surface area contributed by atoms with Crippen LogP contribution < -0.4 is 24.9 Å². The van der Waals surface area contributed by atoms with Crippen LogP contribution in [0.1, 0.15) is 24.1 Å². The van der Waals surface area contributed by atoms with Crippen LogP contribution in [0.2, 0.25) is 0 Å². The van der Waals surface area contributed by atoms with Gasteiger partial charge in [0.25, 0.3) is 17.4 Å². The Bertz CT molecular complexity index is 1890. The van der Waals surface area contributed by atoms with Crippen LogP contribution in [0.15, 0.2) is 99.9 Å². The molecule has 44 heavy (non-hydrogen) atoms. The number of nitrogens with one attached hydrogen (secondary N) is 1. The molecule has 1 aromatic heterocycles. The molecule has 3 heterocycles. The van der Waals surface area contributed by atoms with Crippen LogP contribution in [-0.2, 0) is 14.3 Å². The van der Waals surface area contributed by atoms with E-state index in [0.717, 1.165) is 5.56 Å². The number of benzene rings is 3. The molecule has 1 N–H and O–H groups in total. The van der Waals surface area contributed by atoms with Crippen molar-refractivity contribution in [2.24, 2.45) is 4.99 Å². The first-order chi connectivity index (χ1) is 21.4. The molecule has 11 heteroatoms. The first kappa shape index (κ1) is 29.2. The molecule has 0 unspecified atom stereocenters. The summed E-state index contributed by atoms with van der Waals surface area (Å²) in [6.07, 6.45) is 1.75. The maximum atomic E-state index is 13.9. The summed E-state index contributed by atoms with van der Waals surface area (Å²) in [6, 6.07) is 21.1. The van der Waals surface area contributed by atoms with Crippen LogP contribution in [0, 0.1) is 5.82 Å². The summed E-state index contributed by atoms with van der Waals surface area (Å²) in [4.78, 5) is 46.7. The molecule has 0 saturated carbocycles. The first-order valence-electron chi connectivity index (χ1n) is 14.1. The minimum absolute atomic E-state index is 0.0686. The number of amides is 2. The fraction of sp³-hybridized carbons (Fsp3) is 0.212. The highest BCUT2D eigenvalue weighted by atomic mass is 32.1. The number of halogens is 1. The summed E-state index contributed by atoms with van der Waals surface area (Å²) in [6.45, 7) is 3.82. The number of thiazole rings is 1. The normalized spacial score (nSPS) is 16.7. The van der Waals surface area contributed by atoms with Gasteiger partial charge < -0.3 is 19.7 Å². The van der Waals surface area contributed by atoms with Crippen molar-refractivity contribution in [1.82, 2.24) is 9.47 Å². The summed E-state index contributed by atoms with van der Waals surface area (Å²) >= 11 is 1.21. The maximum absolute atomic E-state index is 13.9. The molecule has 1 atom stereocenters. The molecular formula is C33H29FN4O5S. The lowest BCUT2D eigenvalue weighted by Crippen LogP contribution is -2.42. The smallest absolute Gasteiger partial charge is 0.271 e. The second-order valence-corrected chi connectivity index (χ2v) is 11.3. The van der Waals surface area contributed by atoms with Gasteiger partial charge in [0.2, 0.25) is 0 Å². The van der Waals surface area contributed by atoms with E-state index in [-0.39, 0.29) is 18.1 Å². The van der Waals surface area contributed by atoms with Crippen LogP contribution in [0.5, 0.6) is 5.75 Å². The maximum Gasteiger partial charge on any atom is 0.271 e. The van der Waals surface area contributed by atoms with E-state index >= 15 is 0 Å². The Hall–Kier alpha value is -4.87. The van der Waals surface area contributed by atoms with E-state index in [1.807, 2.05) is 18.2 Å². The van der Waals surface area contributed by atoms with E-state index in [9.17, 15) is 18.8 Å². The monoisotopic (exact) mass is 612 g/mol. The van der Waals surface area contributed by atoms with E-state index in [2.05, 4.69) is 10.3 Å². The number of carbonyl (C=O) groups excluding carboxylic acids is 2. The highest BCUT2D eigenvalue weighted by Gasteiger charge is 2.32. The molecule has 4 aromatic rings. The van der Waals surface area contributed by atoms with Gasteiger partial charge in [0.1, 0.15) is 11.6 Å². The summed E-state index contributed by atoms with van der Waals surface area (Å²) in [5.74, 6) is -0.383. The van der Waals surface area contributed by atoms with E-state index in [1.54, 1.807) is 66.4 Å². The van der Waals surface area contributed by atoms with Gasteiger partial charge >= 0.3 is 0 Å². The molecule has 0 bridgehead atoms. The Morgan fingerprint density at radius 2 is 1.75 bits per heavy atom. The number of hydrogen-bond acceptors (Lipinski definition) is 7. The number of nitrogens with zero attached hydrogens (tertiary/aromatic N) is 3. The van der Waals surface area contributed by atoms with E-state index in [0.29, 0.717) is 63.9 Å². The number of para-hydroxylation sites is 1. The number of anilines is 1. The molecule has 0 spiro atoms. The Morgan fingerprint density at radius 1 is 1.05 bits per heavy atom. The predicted octanol–water partition coefficient (Wildman–Crippen LogP) is 3.25. The third kappa shape index (κ3) is 6.24. The van der Waals surface area contributed by atoms with Crippen molar-refractivity contribution < 1.29 is 23.5 Å². The van der Waals surface area contributed by atoms with Gasteiger partial charge in [-0.05, 0) is 60.5 Å². The average Bonchev–Trinajstić information content (AvgIpc) is 3.34. The quantitative estimate of drug-likeness (QED) is 0.345. The molecule has 2 aliphatic heterocycles. The van der Waals surface area contributed by atoms with Gasteiger partial charge in [-0.3, -0.25) is 19.0 Å². The fourth-order valence-corrected chi connectivity index (χ4v) is 6.20. The Labute approximate surface area is 256 Å². The number of ether oxygens (including phenoxy) is 2. The van der Waals surface area contributed by atoms with Gasteiger partial charge in [-0.2, -0.15) is 0 Å². The van der Waals surface area contributed by atoms with Crippen LogP contribution in [0.4, 0.5) is 10.1 Å². The number of allylic oxidation sites excluding steroid dienone is 1. The molecule has 0 aliphatic carbocycles. The van der Waals surface area contributed by atoms with Crippen LogP contribution in [-0.4, -0.2) is 54.2 Å². The van der Waals surface area contributed by atoms with Crippen LogP contribution in [0.3, 0.4) is 0 Å². The lowest BCUT2D eigenvalue weighted by Gasteiger charge is -2.26. The summed E-state index contributed by atoms with van der Waals surface area (Å²) < 4.78 is 26.8. The Morgan fingerprint density at radius 3 is 2.45 bits per heavy atom. The molecule has 2 amide bonds. The number of hydrogen-bond donors (Lipinski definition) is 1. The number of rotatable bonds is 7. The zero-order valence-electron chi connectivity index (χ0n) is 23.9. The van der Waals surface area contributed by atoms with Gasteiger partial charge in [-0.1, -0.05) is 53.8 Å². The lowest BCUT2D eigenvalue weighted by molar-refractivity contribution is -0.137. The topological polar surface area (TPSA) is 102 Å². The van der Waals surface area contributed by atoms with Crippen molar-refractivity contribution in [1.29, 1.82) is 0 Å². The van der Waals surface area contributed by atoms with Gasteiger partial charge in [0.15, 0.2) is 11.4 Å². The minimum Gasteiger partial charge on any atom is -0.484 e. The fourth-order valence-electron chi connectivity index (χ4n) is 5.15. The van der Waals surface area contributed by atoms with Gasteiger partial charge in [-0.15, -0.1) is 0 Å². The van der Waals surface area contributed by atoms with Gasteiger partial charge in [-0.25, -0.2) is 9.38 Å². The predicted molar refractivity (Wildman–Crippen MR) is 165 cm³/mol. The summed E-state index contributed by atoms with van der Waals surface area (Å²) in [5.41, 5.74) is 2.38. The highest BCUT2D eigenvalue weighted by molar-refractivity contribution is 7.07. The standard InChI is InChI=1S/C33H29FN4O5S/c1-21-29(31(40)36-25-5-3-2-4-6-25)30(23-9-11-24(34)12-10-23)38-32(41)27(44-33(38)35-21)19-22-7-13-26(14-8-22)43-20-28(39)37-15-17-42-18-16-37/h2-14,19,30H,15-18,20H2,1H3,(H,36,40)/b27-19+/t30-/m0/s1. The second kappa shape index (κ2) is 12.8. The highest BCUT2D eigenvalue weighted by Crippen LogP contribution is 2.31. The Balaban J connectivity index is 1.29. The van der Waals surface area contributed by atoms with Crippen LogP contribution >= 0.6 is 11.3 Å². The van der Waals surface area contributed by atoms with Crippen molar-refractivity contribution in [3.63, 3.8) is 0 Å². The molecule has 6 rings (SSSR count). The summed E-state index contributed by atoms with van der Waals surface area (Å²) in [7, 11) is 0. The SMILES string of the molecule is CC1=C(C(=O)Nc2ccccc2)[C@H](c2ccc(F)cc2)n2c(s/c(=C/c3ccc(OCC(=O)N4CCOCC4)cc3)c2=O)=N1. The Kier molecular flexibility index (Phi) is 8.49. The van der Waals surface area contributed by atoms with Gasteiger partial charge in [0.05, 0.1) is 35.1 Å². The third-order valence-electron chi connectivity index (χ3n) is 7.39. The first-order valence-corrected chi connectivity index (χ1v) is 14.9. The van der Waals surface area contributed by atoms with E-state index in [1.165, 1.54) is 28.0 Å². The molecule has 1 fully saturated rings. The molecule has 3 aromatic carbocycles. The van der Waals surface area contributed by atoms with Crippen molar-refractivity contribution in [2.45, 2.75) is 13.0 Å². The molecule has 1 saturated heterocycles. The van der Waals surface area contributed by atoms with E-state index < -0.39 is 17.8 Å². The third-order valence-corrected chi connectivity index (χ3v) is 8.37.